The second-order valence-electron chi connectivity index (χ2n) is 2.60. The molecule has 1 unspecified atom stereocenters. The van der Waals surface area contributed by atoms with E-state index < -0.39 is 18.9 Å². The van der Waals surface area contributed by atoms with Gasteiger partial charge in [-0.2, -0.15) is 5.06 Å². The van der Waals surface area contributed by atoms with Gasteiger partial charge in [0.1, 0.15) is 6.67 Å². The quantitative estimate of drug-likeness (QED) is 0.559. The molecule has 11 heavy (non-hydrogen) atoms. The number of aliphatic hydroxyl groups excluding tert-OH is 2. The molecule has 1 aliphatic rings. The fourth-order valence-corrected chi connectivity index (χ4v) is 0.943. The zero-order chi connectivity index (χ0) is 8.27. The predicted molar refractivity (Wildman–Crippen MR) is 35.5 cm³/mol. The van der Waals surface area contributed by atoms with Gasteiger partial charge < -0.3 is 10.2 Å². The van der Waals surface area contributed by atoms with Crippen molar-refractivity contribution in [2.45, 2.75) is 12.2 Å². The van der Waals surface area contributed by atoms with Crippen LogP contribution in [0.25, 0.3) is 0 Å². The lowest BCUT2D eigenvalue weighted by Gasteiger charge is -2.15. The van der Waals surface area contributed by atoms with Crippen LogP contribution in [0.4, 0.5) is 4.39 Å². The average Bonchev–Trinajstić information content (AvgIpc) is 2.35. The molecule has 1 aliphatic heterocycles. The van der Waals surface area contributed by atoms with Crippen LogP contribution in [0.3, 0.4) is 0 Å². The molecule has 0 saturated carbocycles. The summed E-state index contributed by atoms with van der Waals surface area (Å²) in [6.07, 6.45) is -1.53. The molecule has 1 rings (SSSR count). The van der Waals surface area contributed by atoms with Crippen molar-refractivity contribution < 1.29 is 19.4 Å². The van der Waals surface area contributed by atoms with E-state index in [1.165, 1.54) is 5.06 Å². The van der Waals surface area contributed by atoms with Crippen LogP contribution in [0.5, 0.6) is 0 Å². The SMILES string of the molecule is OC(CF)CN1C[C@@H](O)CO1. The van der Waals surface area contributed by atoms with Crippen molar-refractivity contribution in [3.05, 3.63) is 0 Å². The minimum Gasteiger partial charge on any atom is -0.389 e. The molecule has 66 valence electrons. The van der Waals surface area contributed by atoms with E-state index in [1.807, 2.05) is 0 Å². The summed E-state index contributed by atoms with van der Waals surface area (Å²) in [6.45, 7) is -0.0837. The zero-order valence-electron chi connectivity index (χ0n) is 6.11. The van der Waals surface area contributed by atoms with Gasteiger partial charge >= 0.3 is 0 Å². The van der Waals surface area contributed by atoms with Gasteiger partial charge in [0.05, 0.1) is 31.9 Å². The summed E-state index contributed by atoms with van der Waals surface area (Å²) < 4.78 is 11.7. The van der Waals surface area contributed by atoms with E-state index >= 15 is 0 Å². The van der Waals surface area contributed by atoms with Crippen LogP contribution in [0.1, 0.15) is 0 Å². The number of hydroxylamine groups is 2. The molecule has 0 aliphatic carbocycles. The lowest BCUT2D eigenvalue weighted by molar-refractivity contribution is -0.130. The van der Waals surface area contributed by atoms with Gasteiger partial charge in [-0.3, -0.25) is 4.84 Å². The van der Waals surface area contributed by atoms with Gasteiger partial charge in [0, 0.05) is 0 Å². The number of nitrogens with zero attached hydrogens (tertiary/aromatic N) is 1. The Kier molecular flexibility index (Phi) is 3.19. The fourth-order valence-electron chi connectivity index (χ4n) is 0.943. The average molecular weight is 165 g/mol. The van der Waals surface area contributed by atoms with Crippen molar-refractivity contribution in [2.24, 2.45) is 0 Å². The molecule has 0 aromatic rings. The number of hydrogen-bond donors (Lipinski definition) is 2. The van der Waals surface area contributed by atoms with Gasteiger partial charge in [-0.05, 0) is 0 Å². The lowest BCUT2D eigenvalue weighted by Crippen LogP contribution is -2.31. The molecular weight excluding hydrogens is 153 g/mol. The Bertz CT molecular complexity index is 124. The third-order valence-electron chi connectivity index (χ3n) is 1.46. The van der Waals surface area contributed by atoms with Crippen molar-refractivity contribution in [3.63, 3.8) is 0 Å². The van der Waals surface area contributed by atoms with Crippen molar-refractivity contribution >= 4 is 0 Å². The molecule has 5 heteroatoms. The van der Waals surface area contributed by atoms with E-state index in [-0.39, 0.29) is 13.2 Å². The third-order valence-corrected chi connectivity index (χ3v) is 1.46. The Morgan fingerprint density at radius 2 is 2.45 bits per heavy atom. The van der Waals surface area contributed by atoms with Crippen LogP contribution in [0.2, 0.25) is 0 Å². The van der Waals surface area contributed by atoms with Crippen molar-refractivity contribution in [1.29, 1.82) is 0 Å². The Morgan fingerprint density at radius 3 is 2.91 bits per heavy atom. The van der Waals surface area contributed by atoms with Gasteiger partial charge in [-0.25, -0.2) is 4.39 Å². The lowest BCUT2D eigenvalue weighted by atomic mass is 10.3. The molecule has 1 fully saturated rings. The summed E-state index contributed by atoms with van der Waals surface area (Å²) in [7, 11) is 0. The first-order valence-electron chi connectivity index (χ1n) is 3.52. The van der Waals surface area contributed by atoms with Crippen LogP contribution < -0.4 is 0 Å². The summed E-state index contributed by atoms with van der Waals surface area (Å²) >= 11 is 0. The minimum absolute atomic E-state index is 0.119. The van der Waals surface area contributed by atoms with E-state index in [1.54, 1.807) is 0 Å². The molecule has 1 saturated heterocycles. The van der Waals surface area contributed by atoms with E-state index in [2.05, 4.69) is 0 Å². The van der Waals surface area contributed by atoms with E-state index in [4.69, 9.17) is 15.1 Å². The highest BCUT2D eigenvalue weighted by Crippen LogP contribution is 2.05. The molecular formula is C6H12FNO3. The second kappa shape index (κ2) is 3.96. The zero-order valence-corrected chi connectivity index (χ0v) is 6.11. The first-order valence-corrected chi connectivity index (χ1v) is 3.52. The van der Waals surface area contributed by atoms with Gasteiger partial charge in [-0.1, -0.05) is 0 Å². The molecule has 0 aromatic carbocycles. The van der Waals surface area contributed by atoms with E-state index in [9.17, 15) is 4.39 Å². The second-order valence-corrected chi connectivity index (χ2v) is 2.60. The maximum Gasteiger partial charge on any atom is 0.117 e. The van der Waals surface area contributed by atoms with Gasteiger partial charge in [0.2, 0.25) is 0 Å². The summed E-state index contributed by atoms with van der Waals surface area (Å²) in [4.78, 5) is 4.89. The molecule has 0 spiro atoms. The van der Waals surface area contributed by atoms with Crippen LogP contribution in [-0.2, 0) is 4.84 Å². The first kappa shape index (κ1) is 8.86. The molecule has 2 N–H and O–H groups in total. The third kappa shape index (κ3) is 2.70. The molecule has 2 atom stereocenters. The highest BCUT2D eigenvalue weighted by Gasteiger charge is 2.23. The Balaban J connectivity index is 2.17. The fraction of sp³-hybridized carbons (Fsp3) is 1.00. The van der Waals surface area contributed by atoms with Crippen LogP contribution in [-0.4, -0.2) is 53.9 Å². The summed E-state index contributed by atoms with van der Waals surface area (Å²) in [5, 5.41) is 19.1. The monoisotopic (exact) mass is 165 g/mol. The van der Waals surface area contributed by atoms with Crippen molar-refractivity contribution in [3.8, 4) is 0 Å². The Hall–Kier alpha value is -0.230. The highest BCUT2D eigenvalue weighted by atomic mass is 19.1. The molecule has 0 bridgehead atoms. The van der Waals surface area contributed by atoms with Crippen molar-refractivity contribution in [2.75, 3.05) is 26.4 Å². The number of β-amino-alcohol motifs (C(OH)–C–C–N with tert-alkyl or cyclic N) is 2. The molecule has 0 radical (unpaired) electrons. The molecule has 1 heterocycles. The van der Waals surface area contributed by atoms with Crippen LogP contribution >= 0.6 is 0 Å². The molecule has 0 amide bonds. The molecule has 0 aromatic heterocycles. The number of aliphatic hydroxyl groups is 2. The molecule has 4 nitrogen and oxygen atoms in total. The predicted octanol–water partition coefficient (Wildman–Crippen LogP) is -1.08. The van der Waals surface area contributed by atoms with E-state index in [0.717, 1.165) is 0 Å². The van der Waals surface area contributed by atoms with Gasteiger partial charge in [0.25, 0.3) is 0 Å². The normalized spacial score (nSPS) is 29.2. The maximum absolute atomic E-state index is 11.7. The standard InChI is InChI=1S/C6H12FNO3/c7-1-5(9)2-8-3-6(10)4-11-8/h5-6,9-10H,1-4H2/t5?,6-/m1/s1. The first-order chi connectivity index (χ1) is 5.22. The number of rotatable bonds is 3. The van der Waals surface area contributed by atoms with Gasteiger partial charge in [0.15, 0.2) is 0 Å². The van der Waals surface area contributed by atoms with Crippen LogP contribution in [0, 0.1) is 0 Å². The summed E-state index contributed by atoms with van der Waals surface area (Å²) in [5.41, 5.74) is 0. The summed E-state index contributed by atoms with van der Waals surface area (Å²) in [6, 6.07) is 0. The Labute approximate surface area is 64.1 Å². The van der Waals surface area contributed by atoms with Crippen molar-refractivity contribution in [1.82, 2.24) is 5.06 Å². The highest BCUT2D eigenvalue weighted by molar-refractivity contribution is 4.66. The maximum atomic E-state index is 11.7. The largest absolute Gasteiger partial charge is 0.389 e. The minimum atomic E-state index is -1.01. The van der Waals surface area contributed by atoms with Crippen LogP contribution in [0.15, 0.2) is 0 Å². The summed E-state index contributed by atoms with van der Waals surface area (Å²) in [5.74, 6) is 0. The Morgan fingerprint density at radius 1 is 1.73 bits per heavy atom. The van der Waals surface area contributed by atoms with Gasteiger partial charge in [-0.15, -0.1) is 0 Å². The smallest absolute Gasteiger partial charge is 0.117 e. The number of halogens is 1. The van der Waals surface area contributed by atoms with E-state index in [0.29, 0.717) is 6.54 Å². The number of alkyl halides is 1. The number of hydrogen-bond acceptors (Lipinski definition) is 4. The topological polar surface area (TPSA) is 52.9 Å².